The fraction of sp³-hybridized carbons (Fsp3) is 0.182. The number of likely N-dealkylation sites (N-methyl/N-ethyl adjacent to an activating group) is 1. The standard InChI is InChI=1S/C22H16F2N2O2/c1-25-17-7-11(23)3-5-13(17)21(27)15-10-20-16(9-19(15)25)22(28)14-6-4-12(24)8-18(14)26(20)2/h3,5-10,18H,4H2,1-2H3. The molecule has 3 aromatic rings. The van der Waals surface area contributed by atoms with Gasteiger partial charge in [-0.2, -0.15) is 0 Å². The van der Waals surface area contributed by atoms with Crippen LogP contribution in [0.25, 0.3) is 21.8 Å². The summed E-state index contributed by atoms with van der Waals surface area (Å²) in [5.74, 6) is -0.878. The molecule has 2 aliphatic rings. The van der Waals surface area contributed by atoms with Gasteiger partial charge in [0.05, 0.1) is 17.1 Å². The smallest absolute Gasteiger partial charge is 0.197 e. The SMILES string of the molecule is CN1c2cc3c(=O)c4ccc(F)cc4n(C)c3cc2C(=O)C2=CCC(F)=CC21. The molecule has 0 N–H and O–H groups in total. The fourth-order valence-corrected chi connectivity index (χ4v) is 4.27. The number of aryl methyl sites for hydroxylation is 1. The predicted molar refractivity (Wildman–Crippen MR) is 105 cm³/mol. The monoisotopic (exact) mass is 378 g/mol. The molecular formula is C22H16F2N2O2. The fourth-order valence-electron chi connectivity index (χ4n) is 4.27. The van der Waals surface area contributed by atoms with Crippen LogP contribution in [0, 0.1) is 5.82 Å². The molecule has 2 aromatic carbocycles. The zero-order chi connectivity index (χ0) is 19.7. The van der Waals surface area contributed by atoms with Gasteiger partial charge in [-0.1, -0.05) is 6.08 Å². The molecule has 140 valence electrons. The lowest BCUT2D eigenvalue weighted by atomic mass is 9.85. The van der Waals surface area contributed by atoms with Crippen LogP contribution in [0.4, 0.5) is 14.5 Å². The van der Waals surface area contributed by atoms with E-state index in [1.165, 1.54) is 24.3 Å². The number of carbonyl (C=O) groups excluding carboxylic acids is 1. The maximum atomic E-state index is 13.8. The Morgan fingerprint density at radius 2 is 1.75 bits per heavy atom. The third kappa shape index (κ3) is 2.14. The van der Waals surface area contributed by atoms with E-state index in [0.29, 0.717) is 38.6 Å². The normalized spacial score (nSPS) is 18.8. The van der Waals surface area contributed by atoms with Crippen molar-refractivity contribution in [2.75, 3.05) is 11.9 Å². The van der Waals surface area contributed by atoms with Crippen LogP contribution in [0.15, 0.2) is 58.7 Å². The molecule has 1 atom stereocenters. The minimum Gasteiger partial charge on any atom is -0.363 e. The molecule has 0 spiro atoms. The summed E-state index contributed by atoms with van der Waals surface area (Å²) in [6, 6.07) is 6.93. The molecule has 1 unspecified atom stereocenters. The maximum absolute atomic E-state index is 13.8. The van der Waals surface area contributed by atoms with Gasteiger partial charge in [-0.3, -0.25) is 9.59 Å². The summed E-state index contributed by atoms with van der Waals surface area (Å²) in [5, 5.41) is 0.845. The summed E-state index contributed by atoms with van der Waals surface area (Å²) in [4.78, 5) is 27.9. The molecular weight excluding hydrogens is 362 g/mol. The topological polar surface area (TPSA) is 42.3 Å². The highest BCUT2D eigenvalue weighted by atomic mass is 19.1. The zero-order valence-corrected chi connectivity index (χ0v) is 15.3. The highest BCUT2D eigenvalue weighted by Gasteiger charge is 2.35. The molecule has 2 heterocycles. The lowest BCUT2D eigenvalue weighted by Crippen LogP contribution is -2.41. The molecule has 28 heavy (non-hydrogen) atoms. The van der Waals surface area contributed by atoms with Crippen LogP contribution < -0.4 is 10.3 Å². The number of hydrogen-bond acceptors (Lipinski definition) is 3. The van der Waals surface area contributed by atoms with Gasteiger partial charge in [0.25, 0.3) is 0 Å². The van der Waals surface area contributed by atoms with E-state index in [-0.39, 0.29) is 23.5 Å². The number of benzene rings is 2. The molecule has 1 aromatic heterocycles. The number of hydrogen-bond donors (Lipinski definition) is 0. The average Bonchev–Trinajstić information content (AvgIpc) is 2.69. The number of rotatable bonds is 0. The van der Waals surface area contributed by atoms with Crippen molar-refractivity contribution in [3.05, 3.63) is 75.5 Å². The molecule has 0 radical (unpaired) electrons. The molecule has 6 heteroatoms. The van der Waals surface area contributed by atoms with Crippen LogP contribution in [-0.4, -0.2) is 23.4 Å². The first-order chi connectivity index (χ1) is 13.4. The molecule has 1 aliphatic heterocycles. The Labute approximate surface area is 159 Å². The molecule has 0 amide bonds. The van der Waals surface area contributed by atoms with Gasteiger partial charge in [-0.05, 0) is 36.4 Å². The van der Waals surface area contributed by atoms with Crippen LogP contribution >= 0.6 is 0 Å². The summed E-state index contributed by atoms with van der Waals surface area (Å²) in [5.41, 5.74) is 2.38. The van der Waals surface area contributed by atoms with Crippen LogP contribution in [0.5, 0.6) is 0 Å². The van der Waals surface area contributed by atoms with Gasteiger partial charge in [0.2, 0.25) is 0 Å². The number of anilines is 1. The number of aromatic nitrogens is 1. The molecule has 0 saturated carbocycles. The molecule has 0 bridgehead atoms. The number of allylic oxidation sites excluding steroid dienone is 2. The lowest BCUT2D eigenvalue weighted by molar-refractivity contribution is 0.102. The van der Waals surface area contributed by atoms with Gasteiger partial charge in [0.1, 0.15) is 11.6 Å². The van der Waals surface area contributed by atoms with Crippen molar-refractivity contribution in [1.82, 2.24) is 4.57 Å². The molecule has 5 rings (SSSR count). The van der Waals surface area contributed by atoms with Gasteiger partial charge in [0, 0.05) is 48.1 Å². The van der Waals surface area contributed by atoms with Crippen LogP contribution in [-0.2, 0) is 7.05 Å². The highest BCUT2D eigenvalue weighted by Crippen LogP contribution is 2.38. The Balaban J connectivity index is 1.87. The van der Waals surface area contributed by atoms with Gasteiger partial charge >= 0.3 is 0 Å². The molecule has 4 nitrogen and oxygen atoms in total. The van der Waals surface area contributed by atoms with Crippen LogP contribution in [0.1, 0.15) is 16.8 Å². The highest BCUT2D eigenvalue weighted by molar-refractivity contribution is 6.17. The second-order valence-electron chi connectivity index (χ2n) is 7.30. The summed E-state index contributed by atoms with van der Waals surface area (Å²) < 4.78 is 29.3. The van der Waals surface area contributed by atoms with E-state index in [1.807, 2.05) is 4.90 Å². The molecule has 0 saturated heterocycles. The van der Waals surface area contributed by atoms with Crippen molar-refractivity contribution in [3.63, 3.8) is 0 Å². The van der Waals surface area contributed by atoms with E-state index in [9.17, 15) is 18.4 Å². The predicted octanol–water partition coefficient (Wildman–Crippen LogP) is 4.02. The minimum absolute atomic E-state index is 0.108. The quantitative estimate of drug-likeness (QED) is 0.555. The van der Waals surface area contributed by atoms with E-state index < -0.39 is 11.9 Å². The van der Waals surface area contributed by atoms with Crippen LogP contribution in [0.2, 0.25) is 0 Å². The third-order valence-corrected chi connectivity index (χ3v) is 5.76. The van der Waals surface area contributed by atoms with E-state index >= 15 is 0 Å². The number of pyridine rings is 1. The van der Waals surface area contributed by atoms with E-state index in [2.05, 4.69) is 0 Å². The van der Waals surface area contributed by atoms with Crippen molar-refractivity contribution >= 4 is 33.3 Å². The first-order valence-electron chi connectivity index (χ1n) is 8.96. The molecule has 0 fully saturated rings. The first kappa shape index (κ1) is 16.9. The number of fused-ring (bicyclic) bond motifs is 4. The number of ketones is 1. The minimum atomic E-state index is -0.482. The average molecular weight is 378 g/mol. The first-order valence-corrected chi connectivity index (χ1v) is 8.96. The van der Waals surface area contributed by atoms with Gasteiger partial charge in [-0.15, -0.1) is 0 Å². The van der Waals surface area contributed by atoms with E-state index in [0.717, 1.165) is 0 Å². The van der Waals surface area contributed by atoms with Gasteiger partial charge < -0.3 is 9.47 Å². The third-order valence-electron chi connectivity index (χ3n) is 5.76. The van der Waals surface area contributed by atoms with E-state index in [1.54, 1.807) is 36.9 Å². The second kappa shape index (κ2) is 5.61. The van der Waals surface area contributed by atoms with Gasteiger partial charge in [0.15, 0.2) is 11.2 Å². The number of carbonyl (C=O) groups is 1. The summed E-state index contributed by atoms with van der Waals surface area (Å²) in [7, 11) is 3.53. The van der Waals surface area contributed by atoms with Crippen molar-refractivity contribution in [2.24, 2.45) is 7.05 Å². The molecule has 1 aliphatic carbocycles. The Morgan fingerprint density at radius 3 is 2.54 bits per heavy atom. The lowest BCUT2D eigenvalue weighted by Gasteiger charge is -2.37. The largest absolute Gasteiger partial charge is 0.363 e. The zero-order valence-electron chi connectivity index (χ0n) is 15.3. The van der Waals surface area contributed by atoms with Gasteiger partial charge in [-0.25, -0.2) is 8.78 Å². The van der Waals surface area contributed by atoms with Crippen molar-refractivity contribution < 1.29 is 13.6 Å². The van der Waals surface area contributed by atoms with Crippen molar-refractivity contribution in [3.8, 4) is 0 Å². The Kier molecular flexibility index (Phi) is 3.38. The number of nitrogens with zero attached hydrogens (tertiary/aromatic N) is 2. The number of Topliss-reactive ketones (excluding diaryl/α,β-unsaturated/α-hetero) is 1. The Morgan fingerprint density at radius 1 is 1.00 bits per heavy atom. The Hall–Kier alpha value is -3.28. The van der Waals surface area contributed by atoms with E-state index in [4.69, 9.17) is 0 Å². The summed E-state index contributed by atoms with van der Waals surface area (Å²) in [6.07, 6.45) is 3.18. The second-order valence-corrected chi connectivity index (χ2v) is 7.30. The summed E-state index contributed by atoms with van der Waals surface area (Å²) in [6.45, 7) is 0. The van der Waals surface area contributed by atoms with Crippen molar-refractivity contribution in [1.29, 1.82) is 0 Å². The van der Waals surface area contributed by atoms with Crippen LogP contribution in [0.3, 0.4) is 0 Å². The number of halogens is 2. The maximum Gasteiger partial charge on any atom is 0.197 e. The van der Waals surface area contributed by atoms with Crippen molar-refractivity contribution in [2.45, 2.75) is 12.5 Å². The summed E-state index contributed by atoms with van der Waals surface area (Å²) >= 11 is 0. The Bertz CT molecular complexity index is 1330.